The van der Waals surface area contributed by atoms with Crippen molar-refractivity contribution in [3.63, 3.8) is 0 Å². The Balaban J connectivity index is 3.26. The lowest BCUT2D eigenvalue weighted by Gasteiger charge is -2.09. The molecule has 0 aliphatic rings. The number of halogens is 3. The van der Waals surface area contributed by atoms with Crippen molar-refractivity contribution in [2.24, 2.45) is 0 Å². The molecule has 4 nitrogen and oxygen atoms in total. The monoisotopic (exact) mass is 315 g/mol. The van der Waals surface area contributed by atoms with Gasteiger partial charge in [0.05, 0.1) is 15.6 Å². The molecule has 0 heterocycles. The van der Waals surface area contributed by atoms with Crippen LogP contribution in [-0.4, -0.2) is 18.5 Å². The van der Waals surface area contributed by atoms with Gasteiger partial charge in [-0.15, -0.1) is 0 Å². The van der Waals surface area contributed by atoms with Crippen molar-refractivity contribution < 1.29 is 13.2 Å². The minimum Gasteiger partial charge on any atom is -0.325 e. The van der Waals surface area contributed by atoms with Crippen LogP contribution in [0.1, 0.15) is 6.92 Å². The molecule has 1 aromatic rings. The highest BCUT2D eigenvalue weighted by Gasteiger charge is 2.23. The maximum absolute atomic E-state index is 11.7. The number of sulfone groups is 1. The molecule has 0 aliphatic heterocycles. The number of carbonyl (C=O) groups is 1. The van der Waals surface area contributed by atoms with E-state index in [9.17, 15) is 13.2 Å². The molecule has 0 saturated carbocycles. The van der Waals surface area contributed by atoms with Crippen LogP contribution in [0.3, 0.4) is 0 Å². The molecule has 0 unspecified atom stereocenters. The molecule has 0 atom stereocenters. The molecule has 0 radical (unpaired) electrons. The lowest BCUT2D eigenvalue weighted by atomic mass is 10.3. The minimum atomic E-state index is -3.83. The van der Waals surface area contributed by atoms with Gasteiger partial charge in [0.15, 0.2) is 0 Å². The summed E-state index contributed by atoms with van der Waals surface area (Å²) < 4.78 is 21.7. The molecule has 1 rings (SSSR count). The average molecular weight is 317 g/mol. The fourth-order valence-corrected chi connectivity index (χ4v) is 2.60. The summed E-state index contributed by atoms with van der Waals surface area (Å²) in [7, 11) is -3.83. The average Bonchev–Trinajstić information content (AvgIpc) is 2.20. The van der Waals surface area contributed by atoms with E-state index in [1.807, 2.05) is 0 Å². The summed E-state index contributed by atoms with van der Waals surface area (Å²) in [5, 5.41) is 2.63. The highest BCUT2D eigenvalue weighted by atomic mass is 35.5. The third-order valence-electron chi connectivity index (χ3n) is 1.81. The summed E-state index contributed by atoms with van der Waals surface area (Å²) in [5.41, 5.74) is 0.189. The number of amides is 1. The summed E-state index contributed by atoms with van der Waals surface area (Å²) >= 11 is 16.5. The summed E-state index contributed by atoms with van der Waals surface area (Å²) in [6.45, 7) is 1.28. The molecule has 1 N–H and O–H groups in total. The van der Waals surface area contributed by atoms with E-state index in [-0.39, 0.29) is 21.5 Å². The largest absolute Gasteiger partial charge is 0.325 e. The zero-order chi connectivity index (χ0) is 13.2. The van der Waals surface area contributed by atoms with Crippen LogP contribution in [-0.2, 0) is 14.6 Å². The smallest absolute Gasteiger partial charge is 0.221 e. The summed E-state index contributed by atoms with van der Waals surface area (Å²) in [5.74, 6) is -0.366. The van der Waals surface area contributed by atoms with E-state index < -0.39 is 14.0 Å². The van der Waals surface area contributed by atoms with Crippen molar-refractivity contribution in [1.29, 1.82) is 0 Å². The van der Waals surface area contributed by atoms with E-state index in [1.165, 1.54) is 25.1 Å². The molecule has 1 aromatic carbocycles. The molecule has 0 bridgehead atoms. The van der Waals surface area contributed by atoms with E-state index in [2.05, 4.69) is 5.32 Å². The highest BCUT2D eigenvalue weighted by molar-refractivity contribution is 7.94. The van der Waals surface area contributed by atoms with E-state index in [0.29, 0.717) is 0 Å². The molecule has 17 heavy (non-hydrogen) atoms. The van der Waals surface area contributed by atoms with Gasteiger partial charge in [-0.2, -0.15) is 0 Å². The first-order valence-corrected chi connectivity index (χ1v) is 7.14. The number of carbonyl (C=O) groups excluding carboxylic acids is 1. The summed E-state index contributed by atoms with van der Waals surface area (Å²) in [4.78, 5) is 10.8. The van der Waals surface area contributed by atoms with E-state index in [1.54, 1.807) is 0 Å². The van der Waals surface area contributed by atoms with Gasteiger partial charge in [0, 0.05) is 6.92 Å². The Bertz CT molecular complexity index is 542. The normalized spacial score (nSPS) is 11.6. The van der Waals surface area contributed by atoms with Gasteiger partial charge in [-0.25, -0.2) is 8.42 Å². The molecular formula is C9H8Cl3NO3S. The number of hydrogen-bond donors (Lipinski definition) is 1. The Kier molecular flexibility index (Phi) is 4.66. The maximum atomic E-state index is 11.7. The fourth-order valence-electron chi connectivity index (χ4n) is 1.07. The van der Waals surface area contributed by atoms with E-state index >= 15 is 0 Å². The lowest BCUT2D eigenvalue weighted by molar-refractivity contribution is -0.114. The second-order valence-electron chi connectivity index (χ2n) is 3.13. The quantitative estimate of drug-likeness (QED) is 0.872. The Morgan fingerprint density at radius 2 is 1.94 bits per heavy atom. The van der Waals surface area contributed by atoms with Crippen molar-refractivity contribution in [3.05, 3.63) is 23.2 Å². The molecule has 0 aromatic heterocycles. The van der Waals surface area contributed by atoms with Gasteiger partial charge < -0.3 is 5.32 Å². The number of hydrogen-bond acceptors (Lipinski definition) is 3. The van der Waals surface area contributed by atoms with Crippen molar-refractivity contribution in [2.75, 3.05) is 5.32 Å². The summed E-state index contributed by atoms with van der Waals surface area (Å²) in [6.07, 6.45) is 0. The van der Waals surface area contributed by atoms with Crippen LogP contribution in [0.15, 0.2) is 23.1 Å². The summed E-state index contributed by atoms with van der Waals surface area (Å²) in [6, 6.07) is 3.81. The van der Waals surface area contributed by atoms with Gasteiger partial charge in [-0.1, -0.05) is 34.8 Å². The molecule has 0 aliphatic carbocycles. The van der Waals surface area contributed by atoms with Crippen LogP contribution in [0.4, 0.5) is 5.69 Å². The van der Waals surface area contributed by atoms with Gasteiger partial charge in [0.25, 0.3) is 0 Å². The highest BCUT2D eigenvalue weighted by Crippen LogP contribution is 2.28. The topological polar surface area (TPSA) is 63.2 Å². The first-order valence-electron chi connectivity index (χ1n) is 4.34. The second-order valence-corrected chi connectivity index (χ2v) is 7.18. The lowest BCUT2D eigenvalue weighted by Crippen LogP contribution is -2.11. The van der Waals surface area contributed by atoms with E-state index in [4.69, 9.17) is 34.8 Å². The Morgan fingerprint density at radius 3 is 2.41 bits per heavy atom. The van der Waals surface area contributed by atoms with Crippen LogP contribution in [0.2, 0.25) is 5.02 Å². The zero-order valence-corrected chi connectivity index (χ0v) is 11.7. The molecule has 1 amide bonds. The van der Waals surface area contributed by atoms with Crippen molar-refractivity contribution in [3.8, 4) is 0 Å². The first-order chi connectivity index (χ1) is 7.75. The number of nitrogens with one attached hydrogen (secondary N) is 1. The van der Waals surface area contributed by atoms with Crippen LogP contribution < -0.4 is 5.32 Å². The molecular weight excluding hydrogens is 309 g/mol. The molecule has 0 saturated heterocycles. The van der Waals surface area contributed by atoms with Crippen LogP contribution in [0.25, 0.3) is 0 Å². The minimum absolute atomic E-state index is 0.111. The van der Waals surface area contributed by atoms with Crippen molar-refractivity contribution in [2.45, 2.75) is 16.0 Å². The Morgan fingerprint density at radius 1 is 1.35 bits per heavy atom. The predicted octanol–water partition coefficient (Wildman–Crippen LogP) is 2.83. The molecule has 0 fully saturated rings. The number of rotatable bonds is 3. The Hall–Kier alpha value is -0.490. The fraction of sp³-hybridized carbons (Fsp3) is 0.222. The predicted molar refractivity (Wildman–Crippen MR) is 68.4 cm³/mol. The van der Waals surface area contributed by atoms with Crippen LogP contribution >= 0.6 is 34.8 Å². The number of anilines is 1. The van der Waals surface area contributed by atoms with Gasteiger partial charge in [0.2, 0.25) is 19.9 Å². The molecule has 94 valence electrons. The van der Waals surface area contributed by atoms with Gasteiger partial charge in [-0.05, 0) is 18.2 Å². The van der Waals surface area contributed by atoms with Gasteiger partial charge in [-0.3, -0.25) is 4.79 Å². The van der Waals surface area contributed by atoms with Crippen LogP contribution in [0, 0.1) is 0 Å². The molecule has 0 spiro atoms. The van der Waals surface area contributed by atoms with Gasteiger partial charge >= 0.3 is 0 Å². The van der Waals surface area contributed by atoms with Crippen molar-refractivity contribution >= 4 is 56.2 Å². The van der Waals surface area contributed by atoms with Crippen molar-refractivity contribution in [1.82, 2.24) is 0 Å². The SMILES string of the molecule is CC(=O)Nc1cc(S(=O)(=O)C(Cl)Cl)ccc1Cl. The van der Waals surface area contributed by atoms with Crippen LogP contribution in [0.5, 0.6) is 0 Å². The number of alkyl halides is 2. The third kappa shape index (κ3) is 3.48. The number of benzene rings is 1. The molecule has 8 heteroatoms. The third-order valence-corrected chi connectivity index (χ3v) is 4.93. The Labute approximate surface area is 114 Å². The van der Waals surface area contributed by atoms with E-state index in [0.717, 1.165) is 0 Å². The second kappa shape index (κ2) is 5.44. The first kappa shape index (κ1) is 14.6. The maximum Gasteiger partial charge on any atom is 0.221 e. The van der Waals surface area contributed by atoms with Gasteiger partial charge in [0.1, 0.15) is 0 Å². The zero-order valence-electron chi connectivity index (χ0n) is 8.58. The standard InChI is InChI=1S/C9H8Cl3NO3S/c1-5(14)13-8-4-6(2-3-7(8)10)17(15,16)9(11)12/h2-4,9H,1H3,(H,13,14).